The van der Waals surface area contributed by atoms with Gasteiger partial charge in [-0.1, -0.05) is 11.6 Å². The average Bonchev–Trinajstić information content (AvgIpc) is 3.21. The van der Waals surface area contributed by atoms with Crippen LogP contribution in [0, 0.1) is 0 Å². The first-order chi connectivity index (χ1) is 10.2. The molecule has 0 radical (unpaired) electrons. The van der Waals surface area contributed by atoms with Crippen molar-refractivity contribution in [2.45, 2.75) is 25.4 Å². The molecule has 3 N–H and O–H groups in total. The summed E-state index contributed by atoms with van der Waals surface area (Å²) in [7, 11) is 0. The van der Waals surface area contributed by atoms with Crippen molar-refractivity contribution in [3.05, 3.63) is 45.2 Å². The number of amides is 1. The standard InChI is InChI=1S/C14H15ClN4OS/c15-11-3-4-12(18-16)17-13(11)14(20)19(10-1-2-10)7-9-5-6-21-8-9/h3-6,8,10H,1-2,7,16H2,(H,17,18). The number of hydrogen-bond donors (Lipinski definition) is 2. The molecule has 21 heavy (non-hydrogen) atoms. The van der Waals surface area contributed by atoms with Gasteiger partial charge in [0.1, 0.15) is 11.5 Å². The van der Waals surface area contributed by atoms with Crippen molar-refractivity contribution < 1.29 is 4.79 Å². The number of anilines is 1. The maximum absolute atomic E-state index is 12.8. The van der Waals surface area contributed by atoms with Crippen LogP contribution in [0.15, 0.2) is 29.0 Å². The van der Waals surface area contributed by atoms with E-state index in [1.54, 1.807) is 23.5 Å². The Balaban J connectivity index is 1.87. The number of nitrogens with two attached hydrogens (primary N) is 1. The SMILES string of the molecule is NNc1ccc(Cl)c(C(=O)N(Cc2ccsc2)C2CC2)n1. The monoisotopic (exact) mass is 322 g/mol. The molecule has 2 aromatic rings. The van der Waals surface area contributed by atoms with Crippen LogP contribution in [0.1, 0.15) is 28.9 Å². The zero-order valence-electron chi connectivity index (χ0n) is 11.3. The second-order valence-corrected chi connectivity index (χ2v) is 6.15. The maximum Gasteiger partial charge on any atom is 0.274 e. The molecule has 3 rings (SSSR count). The number of pyridine rings is 1. The molecule has 0 spiro atoms. The molecule has 1 aliphatic carbocycles. The van der Waals surface area contributed by atoms with Crippen molar-refractivity contribution in [3.63, 3.8) is 0 Å². The quantitative estimate of drug-likeness (QED) is 0.656. The van der Waals surface area contributed by atoms with E-state index in [4.69, 9.17) is 17.4 Å². The highest BCUT2D eigenvalue weighted by molar-refractivity contribution is 7.07. The van der Waals surface area contributed by atoms with E-state index < -0.39 is 0 Å². The predicted octanol–water partition coefficient (Wildman–Crippen LogP) is 2.89. The summed E-state index contributed by atoms with van der Waals surface area (Å²) in [5.74, 6) is 5.63. The Morgan fingerprint density at radius 1 is 1.48 bits per heavy atom. The van der Waals surface area contributed by atoms with Gasteiger partial charge in [-0.15, -0.1) is 0 Å². The predicted molar refractivity (Wildman–Crippen MR) is 84.3 cm³/mol. The van der Waals surface area contributed by atoms with Crippen LogP contribution in [0.2, 0.25) is 5.02 Å². The molecule has 0 unspecified atom stereocenters. The van der Waals surface area contributed by atoms with Crippen LogP contribution in [0.25, 0.3) is 0 Å². The molecule has 0 saturated heterocycles. The van der Waals surface area contributed by atoms with Gasteiger partial charge in [0.15, 0.2) is 0 Å². The minimum absolute atomic E-state index is 0.147. The smallest absolute Gasteiger partial charge is 0.274 e. The summed E-state index contributed by atoms with van der Waals surface area (Å²) in [6, 6.07) is 5.58. The Hall–Kier alpha value is -1.63. The van der Waals surface area contributed by atoms with Crippen LogP contribution in [0.3, 0.4) is 0 Å². The molecule has 110 valence electrons. The van der Waals surface area contributed by atoms with Gasteiger partial charge in [0.05, 0.1) is 5.02 Å². The van der Waals surface area contributed by atoms with Crippen molar-refractivity contribution >= 4 is 34.7 Å². The second-order valence-electron chi connectivity index (χ2n) is 4.97. The van der Waals surface area contributed by atoms with Gasteiger partial charge in [0, 0.05) is 12.6 Å². The number of halogens is 1. The van der Waals surface area contributed by atoms with E-state index >= 15 is 0 Å². The van der Waals surface area contributed by atoms with Gasteiger partial charge < -0.3 is 10.3 Å². The van der Waals surface area contributed by atoms with Crippen molar-refractivity contribution in [2.24, 2.45) is 5.84 Å². The molecule has 2 aromatic heterocycles. The van der Waals surface area contributed by atoms with Gasteiger partial charge in [-0.05, 0) is 47.4 Å². The Labute approximate surface area is 131 Å². The number of hydrazine groups is 1. The van der Waals surface area contributed by atoms with Crippen LogP contribution < -0.4 is 11.3 Å². The van der Waals surface area contributed by atoms with Crippen molar-refractivity contribution in [2.75, 3.05) is 5.43 Å². The number of carbonyl (C=O) groups is 1. The van der Waals surface area contributed by atoms with E-state index in [2.05, 4.69) is 15.8 Å². The molecule has 0 aliphatic heterocycles. The number of nitrogen functional groups attached to an aromatic ring is 1. The molecule has 0 atom stereocenters. The normalized spacial score (nSPS) is 14.0. The lowest BCUT2D eigenvalue weighted by Crippen LogP contribution is -2.33. The fraction of sp³-hybridized carbons (Fsp3) is 0.286. The van der Waals surface area contributed by atoms with Gasteiger partial charge in [0.25, 0.3) is 5.91 Å². The summed E-state index contributed by atoms with van der Waals surface area (Å²) in [6.45, 7) is 0.589. The molecule has 7 heteroatoms. The van der Waals surface area contributed by atoms with Crippen molar-refractivity contribution in [1.29, 1.82) is 0 Å². The first-order valence-corrected chi connectivity index (χ1v) is 7.96. The number of carbonyl (C=O) groups excluding carboxylic acids is 1. The zero-order valence-corrected chi connectivity index (χ0v) is 12.8. The summed E-state index contributed by atoms with van der Waals surface area (Å²) in [6.07, 6.45) is 2.06. The van der Waals surface area contributed by atoms with E-state index in [-0.39, 0.29) is 17.6 Å². The van der Waals surface area contributed by atoms with Gasteiger partial charge in [-0.3, -0.25) is 4.79 Å². The number of aromatic nitrogens is 1. The lowest BCUT2D eigenvalue weighted by atomic mass is 10.2. The van der Waals surface area contributed by atoms with Crippen LogP contribution >= 0.6 is 22.9 Å². The summed E-state index contributed by atoms with van der Waals surface area (Å²) < 4.78 is 0. The van der Waals surface area contributed by atoms with E-state index in [0.717, 1.165) is 18.4 Å². The van der Waals surface area contributed by atoms with Crippen LogP contribution in [-0.2, 0) is 6.54 Å². The molecular weight excluding hydrogens is 308 g/mol. The lowest BCUT2D eigenvalue weighted by Gasteiger charge is -2.22. The molecule has 1 saturated carbocycles. The highest BCUT2D eigenvalue weighted by Crippen LogP contribution is 2.31. The van der Waals surface area contributed by atoms with Crippen LogP contribution in [0.4, 0.5) is 5.82 Å². The molecule has 0 bridgehead atoms. The second kappa shape index (κ2) is 6.01. The first kappa shape index (κ1) is 14.3. The third-order valence-corrected chi connectivity index (χ3v) is 4.42. The van der Waals surface area contributed by atoms with E-state index in [1.807, 2.05) is 16.3 Å². The minimum atomic E-state index is -0.147. The van der Waals surface area contributed by atoms with E-state index in [1.165, 1.54) is 0 Å². The molecule has 5 nitrogen and oxygen atoms in total. The highest BCUT2D eigenvalue weighted by atomic mass is 35.5. The van der Waals surface area contributed by atoms with Gasteiger partial charge in [-0.2, -0.15) is 11.3 Å². The Kier molecular flexibility index (Phi) is 4.10. The van der Waals surface area contributed by atoms with Crippen LogP contribution in [-0.4, -0.2) is 21.8 Å². The van der Waals surface area contributed by atoms with Gasteiger partial charge >= 0.3 is 0 Å². The largest absolute Gasteiger partial charge is 0.330 e. The van der Waals surface area contributed by atoms with Gasteiger partial charge in [0.2, 0.25) is 0 Å². The first-order valence-electron chi connectivity index (χ1n) is 6.64. The lowest BCUT2D eigenvalue weighted by molar-refractivity contribution is 0.0724. The fourth-order valence-electron chi connectivity index (χ4n) is 2.14. The van der Waals surface area contributed by atoms with Crippen molar-refractivity contribution in [3.8, 4) is 0 Å². The van der Waals surface area contributed by atoms with E-state index in [0.29, 0.717) is 17.4 Å². The molecular formula is C14H15ClN4OS. The number of nitrogens with one attached hydrogen (secondary N) is 1. The topological polar surface area (TPSA) is 71.2 Å². The summed E-state index contributed by atoms with van der Waals surface area (Å²) >= 11 is 7.75. The van der Waals surface area contributed by atoms with E-state index in [9.17, 15) is 4.79 Å². The molecule has 1 amide bonds. The molecule has 0 aromatic carbocycles. The number of rotatable bonds is 5. The number of hydrogen-bond acceptors (Lipinski definition) is 5. The number of thiophene rings is 1. The third kappa shape index (κ3) is 3.18. The highest BCUT2D eigenvalue weighted by Gasteiger charge is 2.34. The summed E-state index contributed by atoms with van der Waals surface area (Å²) in [5.41, 5.74) is 3.81. The molecule has 1 fully saturated rings. The van der Waals surface area contributed by atoms with Crippen LogP contribution in [0.5, 0.6) is 0 Å². The Morgan fingerprint density at radius 3 is 2.90 bits per heavy atom. The Morgan fingerprint density at radius 2 is 2.29 bits per heavy atom. The summed E-state index contributed by atoms with van der Waals surface area (Å²) in [5, 5.41) is 4.40. The Bertz CT molecular complexity index is 642. The van der Waals surface area contributed by atoms with Gasteiger partial charge in [-0.25, -0.2) is 10.8 Å². The summed E-state index contributed by atoms with van der Waals surface area (Å²) in [4.78, 5) is 18.8. The fourth-order valence-corrected chi connectivity index (χ4v) is 2.99. The third-order valence-electron chi connectivity index (χ3n) is 3.38. The van der Waals surface area contributed by atoms with Crippen molar-refractivity contribution in [1.82, 2.24) is 9.88 Å². The molecule has 1 aliphatic rings. The number of nitrogens with zero attached hydrogens (tertiary/aromatic N) is 2. The minimum Gasteiger partial charge on any atom is -0.330 e. The zero-order chi connectivity index (χ0) is 14.8. The molecule has 2 heterocycles. The average molecular weight is 323 g/mol. The maximum atomic E-state index is 12.8.